The molecular weight excluding hydrogens is 334 g/mol. The molecule has 0 aliphatic rings. The van der Waals surface area contributed by atoms with Gasteiger partial charge in [0.2, 0.25) is 0 Å². The van der Waals surface area contributed by atoms with E-state index in [2.05, 4.69) is 21.1 Å². The van der Waals surface area contributed by atoms with Crippen molar-refractivity contribution in [2.75, 3.05) is 0 Å². The third-order valence-corrected chi connectivity index (χ3v) is 2.93. The predicted molar refractivity (Wildman–Crippen MR) is 73.1 cm³/mol. The monoisotopic (exact) mass is 342 g/mol. The summed E-state index contributed by atoms with van der Waals surface area (Å²) in [5, 5.41) is 11.6. The maximum Gasteiger partial charge on any atom is 0.173 e. The Morgan fingerprint density at radius 1 is 1.15 bits per heavy atom. The fourth-order valence-electron chi connectivity index (χ4n) is 1.52. The van der Waals surface area contributed by atoms with Crippen LogP contribution >= 0.6 is 15.9 Å². The Labute approximate surface area is 121 Å². The zero-order valence-electron chi connectivity index (χ0n) is 9.98. The Morgan fingerprint density at radius 2 is 1.90 bits per heavy atom. The van der Waals surface area contributed by atoms with E-state index in [1.54, 1.807) is 6.07 Å². The van der Waals surface area contributed by atoms with Crippen molar-refractivity contribution in [2.45, 2.75) is 0 Å². The molecule has 0 radical (unpaired) electrons. The summed E-state index contributed by atoms with van der Waals surface area (Å²) in [6.45, 7) is 0. The van der Waals surface area contributed by atoms with Crippen LogP contribution in [0.15, 0.2) is 46.0 Å². The molecule has 2 rings (SSSR count). The van der Waals surface area contributed by atoms with Crippen LogP contribution in [0.25, 0.3) is 0 Å². The minimum absolute atomic E-state index is 0.167. The highest BCUT2D eigenvalue weighted by atomic mass is 79.9. The minimum atomic E-state index is -0.851. The van der Waals surface area contributed by atoms with Gasteiger partial charge in [-0.05, 0) is 30.3 Å². The first-order valence-electron chi connectivity index (χ1n) is 5.41. The molecule has 0 atom stereocenters. The SMILES string of the molecule is N/C(=N/O)c1ccc(Br)cc1Oc1ccc(F)cc1F. The van der Waals surface area contributed by atoms with Crippen LogP contribution in [-0.4, -0.2) is 11.0 Å². The number of benzene rings is 2. The van der Waals surface area contributed by atoms with Gasteiger partial charge in [0.15, 0.2) is 17.4 Å². The molecule has 0 aliphatic carbocycles. The highest BCUT2D eigenvalue weighted by molar-refractivity contribution is 9.10. The van der Waals surface area contributed by atoms with Gasteiger partial charge < -0.3 is 15.7 Å². The molecule has 4 nitrogen and oxygen atoms in total. The number of hydrogen-bond acceptors (Lipinski definition) is 3. The molecule has 0 amide bonds. The lowest BCUT2D eigenvalue weighted by molar-refractivity contribution is 0.318. The maximum atomic E-state index is 13.6. The average molecular weight is 343 g/mol. The van der Waals surface area contributed by atoms with E-state index in [0.29, 0.717) is 10.5 Å². The van der Waals surface area contributed by atoms with Crippen molar-refractivity contribution in [3.05, 3.63) is 58.1 Å². The molecule has 0 spiro atoms. The van der Waals surface area contributed by atoms with Crippen molar-refractivity contribution >= 4 is 21.8 Å². The standard InChI is InChI=1S/C13H9BrF2N2O2/c14-7-1-3-9(13(17)18-19)12(5-7)20-11-4-2-8(15)6-10(11)16/h1-6,19H,(H2,17,18). The van der Waals surface area contributed by atoms with E-state index in [0.717, 1.165) is 12.1 Å². The first-order chi connectivity index (χ1) is 9.51. The predicted octanol–water partition coefficient (Wildman–Crippen LogP) is 3.61. The van der Waals surface area contributed by atoms with Gasteiger partial charge in [-0.15, -0.1) is 0 Å². The molecule has 0 heterocycles. The zero-order valence-corrected chi connectivity index (χ0v) is 11.6. The van der Waals surface area contributed by atoms with Crippen LogP contribution in [0.1, 0.15) is 5.56 Å². The van der Waals surface area contributed by atoms with Crippen molar-refractivity contribution in [3.63, 3.8) is 0 Å². The summed E-state index contributed by atoms with van der Waals surface area (Å²) in [7, 11) is 0. The first-order valence-corrected chi connectivity index (χ1v) is 6.21. The Hall–Kier alpha value is -2.15. The van der Waals surface area contributed by atoms with Crippen LogP contribution in [0.5, 0.6) is 11.5 Å². The van der Waals surface area contributed by atoms with E-state index in [4.69, 9.17) is 15.7 Å². The molecule has 0 saturated heterocycles. The highest BCUT2D eigenvalue weighted by Gasteiger charge is 2.13. The fraction of sp³-hybridized carbons (Fsp3) is 0. The number of hydrogen-bond donors (Lipinski definition) is 2. The molecule has 20 heavy (non-hydrogen) atoms. The minimum Gasteiger partial charge on any atom is -0.453 e. The number of amidine groups is 1. The number of halogens is 3. The Kier molecular flexibility index (Phi) is 4.19. The van der Waals surface area contributed by atoms with E-state index >= 15 is 0 Å². The quantitative estimate of drug-likeness (QED) is 0.387. The zero-order chi connectivity index (χ0) is 14.7. The van der Waals surface area contributed by atoms with Crippen molar-refractivity contribution in [1.29, 1.82) is 0 Å². The van der Waals surface area contributed by atoms with E-state index in [1.165, 1.54) is 12.1 Å². The number of nitrogens with two attached hydrogens (primary N) is 1. The second-order valence-electron chi connectivity index (χ2n) is 3.80. The second kappa shape index (κ2) is 5.87. The molecule has 2 aromatic carbocycles. The first kappa shape index (κ1) is 14.3. The number of rotatable bonds is 3. The van der Waals surface area contributed by atoms with Crippen LogP contribution in [-0.2, 0) is 0 Å². The molecule has 2 aromatic rings. The van der Waals surface area contributed by atoms with Gasteiger partial charge in [-0.1, -0.05) is 21.1 Å². The van der Waals surface area contributed by atoms with Crippen LogP contribution in [0.4, 0.5) is 8.78 Å². The highest BCUT2D eigenvalue weighted by Crippen LogP contribution is 2.30. The molecule has 0 fully saturated rings. The Morgan fingerprint density at radius 3 is 2.55 bits per heavy atom. The largest absolute Gasteiger partial charge is 0.453 e. The topological polar surface area (TPSA) is 67.8 Å². The molecule has 0 bridgehead atoms. The normalized spacial score (nSPS) is 11.4. The van der Waals surface area contributed by atoms with Crippen LogP contribution in [0.3, 0.4) is 0 Å². The molecule has 104 valence electrons. The summed E-state index contributed by atoms with van der Waals surface area (Å²) >= 11 is 3.23. The summed E-state index contributed by atoms with van der Waals surface area (Å²) in [4.78, 5) is 0. The van der Waals surface area contributed by atoms with Gasteiger partial charge in [0.25, 0.3) is 0 Å². The summed E-state index contributed by atoms with van der Waals surface area (Å²) in [5.41, 5.74) is 5.79. The number of ether oxygens (including phenoxy) is 1. The van der Waals surface area contributed by atoms with Gasteiger partial charge in [0.1, 0.15) is 11.6 Å². The lowest BCUT2D eigenvalue weighted by atomic mass is 10.2. The third-order valence-electron chi connectivity index (χ3n) is 2.44. The van der Waals surface area contributed by atoms with Crippen LogP contribution in [0, 0.1) is 11.6 Å². The van der Waals surface area contributed by atoms with Crippen LogP contribution < -0.4 is 10.5 Å². The fourth-order valence-corrected chi connectivity index (χ4v) is 1.86. The summed E-state index contributed by atoms with van der Waals surface area (Å²) in [6, 6.07) is 7.64. The van der Waals surface area contributed by atoms with Gasteiger partial charge in [-0.2, -0.15) is 0 Å². The maximum absolute atomic E-state index is 13.6. The lowest BCUT2D eigenvalue weighted by Gasteiger charge is -2.11. The van der Waals surface area contributed by atoms with Gasteiger partial charge in [-0.25, -0.2) is 8.78 Å². The molecule has 0 unspecified atom stereocenters. The smallest absolute Gasteiger partial charge is 0.173 e. The van der Waals surface area contributed by atoms with E-state index in [1.807, 2.05) is 0 Å². The van der Waals surface area contributed by atoms with Gasteiger partial charge in [0, 0.05) is 10.5 Å². The second-order valence-corrected chi connectivity index (χ2v) is 4.72. The summed E-state index contributed by atoms with van der Waals surface area (Å²) in [5.74, 6) is -1.75. The van der Waals surface area contributed by atoms with Gasteiger partial charge in [0.05, 0.1) is 5.56 Å². The number of oxime groups is 1. The summed E-state index contributed by atoms with van der Waals surface area (Å²) < 4.78 is 32.4. The Balaban J connectivity index is 2.44. The number of nitrogens with zero attached hydrogens (tertiary/aromatic N) is 1. The summed E-state index contributed by atoms with van der Waals surface area (Å²) in [6.07, 6.45) is 0. The van der Waals surface area contributed by atoms with E-state index in [9.17, 15) is 8.78 Å². The average Bonchev–Trinajstić information content (AvgIpc) is 2.41. The molecule has 0 saturated carbocycles. The molecule has 3 N–H and O–H groups in total. The molecular formula is C13H9BrF2N2O2. The van der Waals surface area contributed by atoms with Gasteiger partial charge in [-0.3, -0.25) is 0 Å². The van der Waals surface area contributed by atoms with Crippen molar-refractivity contribution in [3.8, 4) is 11.5 Å². The third kappa shape index (κ3) is 3.05. The molecule has 0 aromatic heterocycles. The Bertz CT molecular complexity index is 677. The van der Waals surface area contributed by atoms with Gasteiger partial charge >= 0.3 is 0 Å². The lowest BCUT2D eigenvalue weighted by Crippen LogP contribution is -2.14. The van der Waals surface area contributed by atoms with Crippen molar-refractivity contribution < 1.29 is 18.7 Å². The van der Waals surface area contributed by atoms with E-state index in [-0.39, 0.29) is 22.9 Å². The van der Waals surface area contributed by atoms with Crippen LogP contribution in [0.2, 0.25) is 0 Å². The van der Waals surface area contributed by atoms with Crippen molar-refractivity contribution in [1.82, 2.24) is 0 Å². The van der Waals surface area contributed by atoms with E-state index < -0.39 is 11.6 Å². The van der Waals surface area contributed by atoms with Crippen molar-refractivity contribution in [2.24, 2.45) is 10.9 Å². The molecule has 7 heteroatoms. The molecule has 0 aliphatic heterocycles.